The van der Waals surface area contributed by atoms with Crippen molar-refractivity contribution in [3.05, 3.63) is 52.2 Å². The average molecular weight is 297 g/mol. The summed E-state index contributed by atoms with van der Waals surface area (Å²) in [6.07, 6.45) is 1.01. The van der Waals surface area contributed by atoms with E-state index in [1.807, 2.05) is 23.6 Å². The fourth-order valence-corrected chi connectivity index (χ4v) is 2.82. The van der Waals surface area contributed by atoms with Crippen LogP contribution < -0.4 is 10.1 Å². The van der Waals surface area contributed by atoms with Crippen molar-refractivity contribution in [2.45, 2.75) is 26.0 Å². The molecule has 1 aromatic carbocycles. The molecule has 0 fully saturated rings. The first kappa shape index (κ1) is 14.9. The number of thiophene rings is 1. The molecule has 5 heteroatoms. The highest BCUT2D eigenvalue weighted by Crippen LogP contribution is 2.28. The number of rotatable bonds is 7. The van der Waals surface area contributed by atoms with E-state index >= 15 is 0 Å². The Bertz CT molecular complexity index is 516. The van der Waals surface area contributed by atoms with E-state index in [9.17, 15) is 8.78 Å². The van der Waals surface area contributed by atoms with Gasteiger partial charge >= 0.3 is 6.61 Å². The number of hydrogen-bond acceptors (Lipinski definition) is 3. The molecule has 0 aliphatic carbocycles. The van der Waals surface area contributed by atoms with Crippen LogP contribution in [-0.2, 0) is 0 Å². The Balaban J connectivity index is 2.24. The van der Waals surface area contributed by atoms with Gasteiger partial charge in [0.15, 0.2) is 0 Å². The minimum Gasteiger partial charge on any atom is -0.435 e. The second-order valence-corrected chi connectivity index (χ2v) is 5.33. The van der Waals surface area contributed by atoms with Gasteiger partial charge in [-0.25, -0.2) is 0 Å². The van der Waals surface area contributed by atoms with Crippen LogP contribution in [0.15, 0.2) is 41.8 Å². The van der Waals surface area contributed by atoms with E-state index in [4.69, 9.17) is 0 Å². The van der Waals surface area contributed by atoms with Crippen LogP contribution in [0.25, 0.3) is 0 Å². The minimum absolute atomic E-state index is 0.0103. The quantitative estimate of drug-likeness (QED) is 0.816. The van der Waals surface area contributed by atoms with Gasteiger partial charge in [-0.3, -0.25) is 0 Å². The van der Waals surface area contributed by atoms with Crippen molar-refractivity contribution >= 4 is 11.3 Å². The molecule has 2 nitrogen and oxygen atoms in total. The lowest BCUT2D eigenvalue weighted by atomic mass is 10.0. The molecule has 108 valence electrons. The molecule has 2 rings (SSSR count). The Kier molecular flexibility index (Phi) is 5.49. The Labute approximate surface area is 121 Å². The van der Waals surface area contributed by atoms with Crippen LogP contribution in [-0.4, -0.2) is 13.2 Å². The van der Waals surface area contributed by atoms with Gasteiger partial charge in [0.25, 0.3) is 0 Å². The third-order valence-electron chi connectivity index (χ3n) is 2.84. The molecule has 1 unspecified atom stereocenters. The Morgan fingerprint density at radius 1 is 1.25 bits per heavy atom. The van der Waals surface area contributed by atoms with Crippen molar-refractivity contribution in [1.82, 2.24) is 5.32 Å². The van der Waals surface area contributed by atoms with Crippen molar-refractivity contribution in [2.24, 2.45) is 0 Å². The maximum atomic E-state index is 12.3. The lowest BCUT2D eigenvalue weighted by Gasteiger charge is -2.18. The maximum absolute atomic E-state index is 12.3. The van der Waals surface area contributed by atoms with Crippen LogP contribution in [0.4, 0.5) is 8.78 Å². The normalized spacial score (nSPS) is 12.6. The van der Waals surface area contributed by atoms with Gasteiger partial charge < -0.3 is 10.1 Å². The van der Waals surface area contributed by atoms with Crippen molar-refractivity contribution in [3.8, 4) is 5.75 Å². The van der Waals surface area contributed by atoms with Crippen LogP contribution in [0.3, 0.4) is 0 Å². The van der Waals surface area contributed by atoms with E-state index in [-0.39, 0.29) is 11.8 Å². The van der Waals surface area contributed by atoms with Crippen molar-refractivity contribution in [2.75, 3.05) is 6.54 Å². The molecule has 20 heavy (non-hydrogen) atoms. The molecular formula is C15H17F2NOS. The van der Waals surface area contributed by atoms with Crippen molar-refractivity contribution in [1.29, 1.82) is 0 Å². The summed E-state index contributed by atoms with van der Waals surface area (Å²) in [5.41, 5.74) is 0.930. The SMILES string of the molecule is CCCNC(c1cccc(OC(F)F)c1)c1cccs1. The van der Waals surface area contributed by atoms with Gasteiger partial charge in [-0.05, 0) is 42.1 Å². The van der Waals surface area contributed by atoms with Crippen LogP contribution in [0, 0.1) is 0 Å². The third-order valence-corrected chi connectivity index (χ3v) is 3.78. The summed E-state index contributed by atoms with van der Waals surface area (Å²) in [5.74, 6) is 0.192. The van der Waals surface area contributed by atoms with E-state index in [2.05, 4.69) is 17.0 Å². The lowest BCUT2D eigenvalue weighted by Crippen LogP contribution is -2.22. The first-order valence-electron chi connectivity index (χ1n) is 6.52. The zero-order chi connectivity index (χ0) is 14.4. The number of ether oxygens (including phenoxy) is 1. The molecule has 0 saturated carbocycles. The highest BCUT2D eigenvalue weighted by atomic mass is 32.1. The molecule has 0 aliphatic rings. The fourth-order valence-electron chi connectivity index (χ4n) is 2.00. The molecule has 2 aromatic rings. The largest absolute Gasteiger partial charge is 0.435 e. The first-order valence-corrected chi connectivity index (χ1v) is 7.40. The zero-order valence-electron chi connectivity index (χ0n) is 11.2. The number of alkyl halides is 2. The highest BCUT2D eigenvalue weighted by Gasteiger charge is 2.15. The van der Waals surface area contributed by atoms with E-state index in [0.29, 0.717) is 0 Å². The fraction of sp³-hybridized carbons (Fsp3) is 0.333. The molecule has 0 aliphatic heterocycles. The molecule has 1 aromatic heterocycles. The van der Waals surface area contributed by atoms with Gasteiger partial charge in [-0.15, -0.1) is 11.3 Å². The van der Waals surface area contributed by atoms with Gasteiger partial charge in [-0.2, -0.15) is 8.78 Å². The standard InChI is InChI=1S/C15H17F2NOS/c1-2-8-18-14(13-7-4-9-20-13)11-5-3-6-12(10-11)19-15(16)17/h3-7,9-10,14-15,18H,2,8H2,1H3. The lowest BCUT2D eigenvalue weighted by molar-refractivity contribution is -0.0498. The summed E-state index contributed by atoms with van der Waals surface area (Å²) in [5, 5.41) is 5.45. The third kappa shape index (κ3) is 4.02. The van der Waals surface area contributed by atoms with E-state index in [1.165, 1.54) is 0 Å². The van der Waals surface area contributed by atoms with Gasteiger partial charge in [0.2, 0.25) is 0 Å². The Morgan fingerprint density at radius 2 is 2.10 bits per heavy atom. The van der Waals surface area contributed by atoms with Crippen LogP contribution in [0.1, 0.15) is 29.8 Å². The molecule has 1 heterocycles. The smallest absolute Gasteiger partial charge is 0.387 e. The first-order chi connectivity index (χ1) is 9.70. The molecule has 0 amide bonds. The Morgan fingerprint density at radius 3 is 2.75 bits per heavy atom. The van der Waals surface area contributed by atoms with Gasteiger partial charge in [0.05, 0.1) is 6.04 Å². The van der Waals surface area contributed by atoms with Crippen LogP contribution in [0.2, 0.25) is 0 Å². The van der Waals surface area contributed by atoms with Crippen molar-refractivity contribution in [3.63, 3.8) is 0 Å². The summed E-state index contributed by atoms with van der Waals surface area (Å²) in [4.78, 5) is 1.16. The second kappa shape index (κ2) is 7.36. The second-order valence-electron chi connectivity index (χ2n) is 4.35. The monoisotopic (exact) mass is 297 g/mol. The average Bonchev–Trinajstić information content (AvgIpc) is 2.93. The number of benzene rings is 1. The summed E-state index contributed by atoms with van der Waals surface area (Å²) in [6.45, 7) is 0.158. The van der Waals surface area contributed by atoms with Gasteiger partial charge in [0.1, 0.15) is 5.75 Å². The van der Waals surface area contributed by atoms with E-state index < -0.39 is 6.61 Å². The maximum Gasteiger partial charge on any atom is 0.387 e. The van der Waals surface area contributed by atoms with E-state index in [0.717, 1.165) is 23.4 Å². The summed E-state index contributed by atoms with van der Waals surface area (Å²) in [7, 11) is 0. The number of hydrogen-bond donors (Lipinski definition) is 1. The predicted octanol–water partition coefficient (Wildman–Crippen LogP) is 4.44. The molecule has 0 radical (unpaired) electrons. The molecule has 0 spiro atoms. The van der Waals surface area contributed by atoms with Gasteiger partial charge in [0, 0.05) is 4.88 Å². The van der Waals surface area contributed by atoms with Crippen molar-refractivity contribution < 1.29 is 13.5 Å². The molecule has 0 saturated heterocycles. The molecule has 1 atom stereocenters. The Hall–Kier alpha value is -1.46. The topological polar surface area (TPSA) is 21.3 Å². The zero-order valence-corrected chi connectivity index (χ0v) is 12.0. The molecular weight excluding hydrogens is 280 g/mol. The predicted molar refractivity (Wildman–Crippen MR) is 77.5 cm³/mol. The minimum atomic E-state index is -2.80. The van der Waals surface area contributed by atoms with Crippen LogP contribution >= 0.6 is 11.3 Å². The summed E-state index contributed by atoms with van der Waals surface area (Å²) in [6, 6.07) is 10.9. The molecule has 1 N–H and O–H groups in total. The molecule has 0 bridgehead atoms. The van der Waals surface area contributed by atoms with Gasteiger partial charge in [-0.1, -0.05) is 25.1 Å². The summed E-state index contributed by atoms with van der Waals surface area (Å²) >= 11 is 1.64. The highest BCUT2D eigenvalue weighted by molar-refractivity contribution is 7.10. The summed E-state index contributed by atoms with van der Waals surface area (Å²) < 4.78 is 29.1. The number of halogens is 2. The van der Waals surface area contributed by atoms with E-state index in [1.54, 1.807) is 29.5 Å². The number of nitrogens with one attached hydrogen (secondary N) is 1. The van der Waals surface area contributed by atoms with Crippen LogP contribution in [0.5, 0.6) is 5.75 Å².